The number of aromatic nitrogens is 4. The van der Waals surface area contributed by atoms with Crippen molar-refractivity contribution in [2.45, 2.75) is 0 Å². The van der Waals surface area contributed by atoms with Crippen molar-refractivity contribution < 1.29 is 0 Å². The zero-order chi connectivity index (χ0) is 13.9. The van der Waals surface area contributed by atoms with Crippen molar-refractivity contribution in [3.8, 4) is 22.5 Å². The second kappa shape index (κ2) is 4.93. The third-order valence-electron chi connectivity index (χ3n) is 2.81. The number of benzene rings is 1. The summed E-state index contributed by atoms with van der Waals surface area (Å²) in [6.07, 6.45) is 3.56. The van der Waals surface area contributed by atoms with Crippen LogP contribution in [0.2, 0.25) is 0 Å². The number of pyridine rings is 1. The van der Waals surface area contributed by atoms with E-state index in [0.29, 0.717) is 5.82 Å². The Balaban J connectivity index is 1.97. The van der Waals surface area contributed by atoms with Crippen molar-refractivity contribution in [2.24, 2.45) is 0 Å². The Morgan fingerprint density at radius 1 is 0.700 bits per heavy atom. The molecule has 3 rings (SSSR count). The maximum Gasteiger partial charge on any atom is 0.225 e. The molecule has 0 amide bonds. The smallest absolute Gasteiger partial charge is 0.225 e. The minimum atomic E-state index is 0.115. The molecule has 0 saturated carbocycles. The molecule has 6 nitrogen and oxygen atoms in total. The molecule has 1 aromatic carbocycles. The van der Waals surface area contributed by atoms with Crippen LogP contribution in [0.4, 0.5) is 11.9 Å². The first-order valence-corrected chi connectivity index (χ1v) is 6.00. The lowest BCUT2D eigenvalue weighted by Crippen LogP contribution is -2.04. The summed E-state index contributed by atoms with van der Waals surface area (Å²) >= 11 is 0. The monoisotopic (exact) mass is 264 g/mol. The van der Waals surface area contributed by atoms with Gasteiger partial charge in [-0.2, -0.15) is 15.0 Å². The largest absolute Gasteiger partial charge is 0.368 e. The van der Waals surface area contributed by atoms with Crippen LogP contribution in [-0.4, -0.2) is 19.9 Å². The maximum absolute atomic E-state index is 5.57. The fourth-order valence-electron chi connectivity index (χ4n) is 1.88. The molecule has 0 spiro atoms. The van der Waals surface area contributed by atoms with E-state index in [1.54, 1.807) is 6.20 Å². The van der Waals surface area contributed by atoms with Gasteiger partial charge in [0.1, 0.15) is 0 Å². The van der Waals surface area contributed by atoms with E-state index in [-0.39, 0.29) is 11.9 Å². The predicted molar refractivity (Wildman–Crippen MR) is 77.3 cm³/mol. The topological polar surface area (TPSA) is 104 Å². The third-order valence-corrected chi connectivity index (χ3v) is 2.81. The number of nitrogens with two attached hydrogens (primary N) is 2. The highest BCUT2D eigenvalue weighted by molar-refractivity contribution is 5.67. The average molecular weight is 264 g/mol. The van der Waals surface area contributed by atoms with Crippen LogP contribution in [0.15, 0.2) is 48.8 Å². The van der Waals surface area contributed by atoms with Gasteiger partial charge in [-0.3, -0.25) is 4.98 Å². The minimum Gasteiger partial charge on any atom is -0.368 e. The molecule has 0 bridgehead atoms. The van der Waals surface area contributed by atoms with Crippen molar-refractivity contribution in [1.29, 1.82) is 0 Å². The Bertz CT molecular complexity index is 704. The summed E-state index contributed by atoms with van der Waals surface area (Å²) in [6, 6.07) is 11.7. The Morgan fingerprint density at radius 2 is 1.35 bits per heavy atom. The first-order valence-electron chi connectivity index (χ1n) is 6.00. The summed E-state index contributed by atoms with van der Waals surface area (Å²) < 4.78 is 0. The molecule has 2 heterocycles. The molecule has 3 aromatic rings. The molecule has 0 aliphatic rings. The molecule has 98 valence electrons. The Labute approximate surface area is 115 Å². The number of hydrogen-bond acceptors (Lipinski definition) is 6. The lowest BCUT2D eigenvalue weighted by atomic mass is 10.1. The van der Waals surface area contributed by atoms with E-state index in [2.05, 4.69) is 19.9 Å². The zero-order valence-electron chi connectivity index (χ0n) is 10.6. The normalized spacial score (nSPS) is 10.4. The van der Waals surface area contributed by atoms with Crippen molar-refractivity contribution in [1.82, 2.24) is 19.9 Å². The van der Waals surface area contributed by atoms with Crippen LogP contribution in [0.5, 0.6) is 0 Å². The van der Waals surface area contributed by atoms with Gasteiger partial charge in [0.25, 0.3) is 0 Å². The van der Waals surface area contributed by atoms with Gasteiger partial charge in [0.15, 0.2) is 5.82 Å². The highest BCUT2D eigenvalue weighted by atomic mass is 15.1. The van der Waals surface area contributed by atoms with Gasteiger partial charge in [-0.1, -0.05) is 30.3 Å². The fourth-order valence-corrected chi connectivity index (χ4v) is 1.88. The number of anilines is 2. The van der Waals surface area contributed by atoms with E-state index >= 15 is 0 Å². The first kappa shape index (κ1) is 12.0. The van der Waals surface area contributed by atoms with Crippen molar-refractivity contribution >= 4 is 11.9 Å². The molecule has 0 aliphatic heterocycles. The van der Waals surface area contributed by atoms with E-state index in [1.807, 2.05) is 42.6 Å². The molecular formula is C14H12N6. The molecular weight excluding hydrogens is 252 g/mol. The summed E-state index contributed by atoms with van der Waals surface area (Å²) in [4.78, 5) is 16.0. The predicted octanol–water partition coefficient (Wildman–Crippen LogP) is 1.76. The molecule has 0 unspecified atom stereocenters. The van der Waals surface area contributed by atoms with Gasteiger partial charge in [-0.15, -0.1) is 0 Å². The van der Waals surface area contributed by atoms with Gasteiger partial charge in [0.05, 0.1) is 0 Å². The molecule has 2 aromatic heterocycles. The number of nitrogens with zero attached hydrogens (tertiary/aromatic N) is 4. The van der Waals surface area contributed by atoms with Crippen LogP contribution in [0.3, 0.4) is 0 Å². The average Bonchev–Trinajstić information content (AvgIpc) is 2.47. The molecule has 0 radical (unpaired) electrons. The third kappa shape index (κ3) is 2.39. The summed E-state index contributed by atoms with van der Waals surface area (Å²) in [5.74, 6) is 0.695. The van der Waals surface area contributed by atoms with Gasteiger partial charge in [-0.25, -0.2) is 0 Å². The second-order valence-corrected chi connectivity index (χ2v) is 4.19. The quantitative estimate of drug-likeness (QED) is 0.731. The van der Waals surface area contributed by atoms with Crippen LogP contribution < -0.4 is 11.5 Å². The Morgan fingerprint density at radius 3 is 1.95 bits per heavy atom. The van der Waals surface area contributed by atoms with E-state index in [9.17, 15) is 0 Å². The van der Waals surface area contributed by atoms with Crippen LogP contribution in [0, 0.1) is 0 Å². The standard InChI is InChI=1S/C14H12N6/c15-13-18-12(19-14(16)20-13)10-5-3-9(4-6-10)11-2-1-7-17-8-11/h1-8H,(H4,15,16,18,19,20). The van der Waals surface area contributed by atoms with Crippen molar-refractivity contribution in [3.05, 3.63) is 48.8 Å². The van der Waals surface area contributed by atoms with Crippen LogP contribution in [-0.2, 0) is 0 Å². The first-order chi connectivity index (χ1) is 9.72. The van der Waals surface area contributed by atoms with Gasteiger partial charge in [-0.05, 0) is 17.2 Å². The molecule has 0 atom stereocenters. The van der Waals surface area contributed by atoms with Gasteiger partial charge in [0.2, 0.25) is 11.9 Å². The summed E-state index contributed by atoms with van der Waals surface area (Å²) in [6.45, 7) is 0. The summed E-state index contributed by atoms with van der Waals surface area (Å²) in [5, 5.41) is 0. The van der Waals surface area contributed by atoms with Crippen LogP contribution in [0.25, 0.3) is 22.5 Å². The van der Waals surface area contributed by atoms with Crippen molar-refractivity contribution in [2.75, 3.05) is 11.5 Å². The van der Waals surface area contributed by atoms with E-state index in [1.165, 1.54) is 0 Å². The maximum atomic E-state index is 5.57. The SMILES string of the molecule is Nc1nc(N)nc(-c2ccc(-c3cccnc3)cc2)n1. The van der Waals surface area contributed by atoms with Gasteiger partial charge < -0.3 is 11.5 Å². The van der Waals surface area contributed by atoms with Crippen LogP contribution in [0.1, 0.15) is 0 Å². The number of rotatable bonds is 2. The second-order valence-electron chi connectivity index (χ2n) is 4.19. The Kier molecular flexibility index (Phi) is 2.96. The Hall–Kier alpha value is -3.02. The van der Waals surface area contributed by atoms with E-state index < -0.39 is 0 Å². The molecule has 0 saturated heterocycles. The van der Waals surface area contributed by atoms with E-state index in [4.69, 9.17) is 11.5 Å². The van der Waals surface area contributed by atoms with Crippen molar-refractivity contribution in [3.63, 3.8) is 0 Å². The highest BCUT2D eigenvalue weighted by Crippen LogP contribution is 2.22. The van der Waals surface area contributed by atoms with E-state index in [0.717, 1.165) is 16.7 Å². The fraction of sp³-hybridized carbons (Fsp3) is 0. The number of hydrogen-bond donors (Lipinski definition) is 2. The lowest BCUT2D eigenvalue weighted by molar-refractivity contribution is 1.09. The molecule has 4 N–H and O–H groups in total. The molecule has 6 heteroatoms. The molecule has 20 heavy (non-hydrogen) atoms. The molecule has 0 aliphatic carbocycles. The van der Waals surface area contributed by atoms with Crippen LogP contribution >= 0.6 is 0 Å². The molecule has 0 fully saturated rings. The highest BCUT2D eigenvalue weighted by Gasteiger charge is 2.05. The van der Waals surface area contributed by atoms with Gasteiger partial charge in [0, 0.05) is 18.0 Å². The minimum absolute atomic E-state index is 0.115. The summed E-state index contributed by atoms with van der Waals surface area (Å²) in [5.41, 5.74) is 14.1. The number of nitrogen functional groups attached to an aromatic ring is 2. The summed E-state index contributed by atoms with van der Waals surface area (Å²) in [7, 11) is 0. The zero-order valence-corrected chi connectivity index (χ0v) is 10.6. The van der Waals surface area contributed by atoms with Gasteiger partial charge >= 0.3 is 0 Å². The lowest BCUT2D eigenvalue weighted by Gasteiger charge is -2.04.